The van der Waals surface area contributed by atoms with Crippen LogP contribution in [-0.4, -0.2) is 5.91 Å². The second kappa shape index (κ2) is 9.43. The lowest BCUT2D eigenvalue weighted by molar-refractivity contribution is 0.102. The summed E-state index contributed by atoms with van der Waals surface area (Å²) >= 11 is 0. The summed E-state index contributed by atoms with van der Waals surface area (Å²) < 4.78 is 11.9. The third-order valence-corrected chi connectivity index (χ3v) is 4.48. The van der Waals surface area contributed by atoms with Crippen LogP contribution in [-0.2, 0) is 6.61 Å². The molecule has 148 valence electrons. The molecule has 30 heavy (non-hydrogen) atoms. The number of hydrogen-bond acceptors (Lipinski definition) is 3. The molecule has 0 fully saturated rings. The van der Waals surface area contributed by atoms with E-state index < -0.39 is 0 Å². The molecular weight excluding hydrogens is 374 g/mol. The highest BCUT2D eigenvalue weighted by molar-refractivity contribution is 6.06. The molecule has 4 aromatic rings. The zero-order chi connectivity index (χ0) is 20.6. The lowest BCUT2D eigenvalue weighted by atomic mass is 10.1. The van der Waals surface area contributed by atoms with Gasteiger partial charge in [-0.25, -0.2) is 0 Å². The Hall–Kier alpha value is -4.05. The summed E-state index contributed by atoms with van der Waals surface area (Å²) in [5.74, 6) is 1.54. The van der Waals surface area contributed by atoms with E-state index in [1.807, 2.05) is 97.1 Å². The minimum atomic E-state index is -0.261. The first-order valence-corrected chi connectivity index (χ1v) is 9.68. The SMILES string of the molecule is O=C(Nc1ccccc1Oc1ccccc1)c1ccccc1OCc1ccccc1. The van der Waals surface area contributed by atoms with E-state index in [4.69, 9.17) is 9.47 Å². The summed E-state index contributed by atoms with van der Waals surface area (Å²) in [5.41, 5.74) is 2.08. The van der Waals surface area contributed by atoms with E-state index in [1.54, 1.807) is 12.1 Å². The van der Waals surface area contributed by atoms with Crippen LogP contribution in [0.3, 0.4) is 0 Å². The normalized spacial score (nSPS) is 10.3. The molecule has 0 radical (unpaired) electrons. The molecule has 4 aromatic carbocycles. The first-order chi connectivity index (χ1) is 14.8. The fraction of sp³-hybridized carbons (Fsp3) is 0.0385. The van der Waals surface area contributed by atoms with E-state index in [0.29, 0.717) is 35.1 Å². The van der Waals surface area contributed by atoms with Crippen molar-refractivity contribution in [3.63, 3.8) is 0 Å². The molecule has 0 aliphatic rings. The maximum atomic E-state index is 13.0. The molecule has 4 nitrogen and oxygen atoms in total. The third kappa shape index (κ3) is 4.86. The monoisotopic (exact) mass is 395 g/mol. The van der Waals surface area contributed by atoms with Gasteiger partial charge in [0.2, 0.25) is 0 Å². The summed E-state index contributed by atoms with van der Waals surface area (Å²) in [6.07, 6.45) is 0. The van der Waals surface area contributed by atoms with Crippen molar-refractivity contribution in [1.29, 1.82) is 0 Å². The molecular formula is C26H21NO3. The van der Waals surface area contributed by atoms with Gasteiger partial charge >= 0.3 is 0 Å². The number of anilines is 1. The molecule has 0 bridgehead atoms. The van der Waals surface area contributed by atoms with Crippen LogP contribution in [0.5, 0.6) is 17.2 Å². The van der Waals surface area contributed by atoms with E-state index >= 15 is 0 Å². The van der Waals surface area contributed by atoms with Crippen molar-refractivity contribution < 1.29 is 14.3 Å². The number of rotatable bonds is 7. The molecule has 0 heterocycles. The predicted octanol–water partition coefficient (Wildman–Crippen LogP) is 6.31. The van der Waals surface area contributed by atoms with Crippen LogP contribution < -0.4 is 14.8 Å². The lowest BCUT2D eigenvalue weighted by Gasteiger charge is -2.14. The number of benzene rings is 4. The van der Waals surface area contributed by atoms with Crippen molar-refractivity contribution in [3.05, 3.63) is 120 Å². The fourth-order valence-corrected chi connectivity index (χ4v) is 2.98. The van der Waals surface area contributed by atoms with Gasteiger partial charge in [-0.1, -0.05) is 72.8 Å². The highest BCUT2D eigenvalue weighted by Crippen LogP contribution is 2.30. The minimum absolute atomic E-state index is 0.261. The van der Waals surface area contributed by atoms with Crippen molar-refractivity contribution >= 4 is 11.6 Å². The van der Waals surface area contributed by atoms with Crippen molar-refractivity contribution in [2.75, 3.05) is 5.32 Å². The number of carbonyl (C=O) groups excluding carboxylic acids is 1. The summed E-state index contributed by atoms with van der Waals surface area (Å²) in [7, 11) is 0. The number of nitrogens with one attached hydrogen (secondary N) is 1. The summed E-state index contributed by atoms with van der Waals surface area (Å²) in [6, 6.07) is 33.9. The minimum Gasteiger partial charge on any atom is -0.488 e. The second-order valence-electron chi connectivity index (χ2n) is 6.64. The van der Waals surface area contributed by atoms with E-state index in [1.165, 1.54) is 0 Å². The lowest BCUT2D eigenvalue weighted by Crippen LogP contribution is -2.14. The second-order valence-corrected chi connectivity index (χ2v) is 6.64. The molecule has 0 aromatic heterocycles. The van der Waals surface area contributed by atoms with E-state index in [-0.39, 0.29) is 5.91 Å². The average molecular weight is 395 g/mol. The molecule has 1 N–H and O–H groups in total. The molecule has 0 saturated carbocycles. The molecule has 1 amide bonds. The highest BCUT2D eigenvalue weighted by Gasteiger charge is 2.15. The summed E-state index contributed by atoms with van der Waals surface area (Å²) in [5, 5.41) is 2.94. The topological polar surface area (TPSA) is 47.6 Å². The van der Waals surface area contributed by atoms with Gasteiger partial charge in [-0.2, -0.15) is 0 Å². The molecule has 4 rings (SSSR count). The molecule has 0 aliphatic heterocycles. The maximum absolute atomic E-state index is 13.0. The Morgan fingerprint density at radius 1 is 0.667 bits per heavy atom. The number of ether oxygens (including phenoxy) is 2. The van der Waals surface area contributed by atoms with Gasteiger partial charge in [0.25, 0.3) is 5.91 Å². The van der Waals surface area contributed by atoms with Gasteiger partial charge in [0.15, 0.2) is 5.75 Å². The largest absolute Gasteiger partial charge is 0.488 e. The van der Waals surface area contributed by atoms with Crippen molar-refractivity contribution in [2.45, 2.75) is 6.61 Å². The first-order valence-electron chi connectivity index (χ1n) is 9.68. The Bertz CT molecular complexity index is 1110. The van der Waals surface area contributed by atoms with Crippen LogP contribution in [0.4, 0.5) is 5.69 Å². The number of amides is 1. The van der Waals surface area contributed by atoms with Crippen LogP contribution in [0.25, 0.3) is 0 Å². The van der Waals surface area contributed by atoms with Gasteiger partial charge in [-0.15, -0.1) is 0 Å². The number of para-hydroxylation sites is 4. The standard InChI is InChI=1S/C26H21NO3/c28-26(22-15-7-9-17-24(22)29-19-20-11-3-1-4-12-20)27-23-16-8-10-18-25(23)30-21-13-5-2-6-14-21/h1-18H,19H2,(H,27,28). The molecule has 0 saturated heterocycles. The average Bonchev–Trinajstić information content (AvgIpc) is 2.80. The highest BCUT2D eigenvalue weighted by atomic mass is 16.5. The van der Waals surface area contributed by atoms with Crippen LogP contribution in [0, 0.1) is 0 Å². The van der Waals surface area contributed by atoms with E-state index in [0.717, 1.165) is 5.56 Å². The zero-order valence-electron chi connectivity index (χ0n) is 16.3. The van der Waals surface area contributed by atoms with Crippen molar-refractivity contribution in [3.8, 4) is 17.2 Å². The van der Waals surface area contributed by atoms with Gasteiger partial charge in [-0.05, 0) is 42.0 Å². The fourth-order valence-electron chi connectivity index (χ4n) is 2.98. The Labute approximate surface area is 175 Å². The van der Waals surface area contributed by atoms with Crippen molar-refractivity contribution in [1.82, 2.24) is 0 Å². The van der Waals surface area contributed by atoms with Crippen LogP contribution in [0.2, 0.25) is 0 Å². The Kier molecular flexibility index (Phi) is 6.06. The molecule has 0 unspecified atom stereocenters. The van der Waals surface area contributed by atoms with Gasteiger partial charge in [0.1, 0.15) is 18.1 Å². The Morgan fingerprint density at radius 3 is 2.03 bits per heavy atom. The van der Waals surface area contributed by atoms with Crippen LogP contribution >= 0.6 is 0 Å². The molecule has 4 heteroatoms. The molecule has 0 aliphatic carbocycles. The van der Waals surface area contributed by atoms with Crippen molar-refractivity contribution in [2.24, 2.45) is 0 Å². The predicted molar refractivity (Wildman–Crippen MR) is 118 cm³/mol. The third-order valence-electron chi connectivity index (χ3n) is 4.48. The Morgan fingerprint density at radius 2 is 1.27 bits per heavy atom. The summed E-state index contributed by atoms with van der Waals surface area (Å²) in [4.78, 5) is 13.0. The van der Waals surface area contributed by atoms with E-state index in [9.17, 15) is 4.79 Å². The smallest absolute Gasteiger partial charge is 0.259 e. The van der Waals surface area contributed by atoms with Crippen LogP contribution in [0.15, 0.2) is 109 Å². The maximum Gasteiger partial charge on any atom is 0.259 e. The molecule has 0 atom stereocenters. The van der Waals surface area contributed by atoms with Gasteiger partial charge in [0, 0.05) is 0 Å². The van der Waals surface area contributed by atoms with Crippen LogP contribution in [0.1, 0.15) is 15.9 Å². The Balaban J connectivity index is 1.51. The first kappa shape index (κ1) is 19.3. The van der Waals surface area contributed by atoms with Gasteiger partial charge < -0.3 is 14.8 Å². The molecule has 0 spiro atoms. The zero-order valence-corrected chi connectivity index (χ0v) is 16.3. The summed E-state index contributed by atoms with van der Waals surface area (Å²) in [6.45, 7) is 0.388. The quantitative estimate of drug-likeness (QED) is 0.399. The number of hydrogen-bond donors (Lipinski definition) is 1. The van der Waals surface area contributed by atoms with E-state index in [2.05, 4.69) is 5.32 Å². The van der Waals surface area contributed by atoms with Gasteiger partial charge in [-0.3, -0.25) is 4.79 Å². The number of carbonyl (C=O) groups is 1. The van der Waals surface area contributed by atoms with Gasteiger partial charge in [0.05, 0.1) is 11.3 Å².